The van der Waals surface area contributed by atoms with Crippen molar-refractivity contribution >= 4 is 11.8 Å². The first kappa shape index (κ1) is 19.5. The van der Waals surface area contributed by atoms with Gasteiger partial charge in [0.1, 0.15) is 5.41 Å². The molecule has 2 fully saturated rings. The van der Waals surface area contributed by atoms with Crippen LogP contribution in [-0.2, 0) is 25.8 Å². The number of likely N-dealkylation sites (N-methyl/N-ethyl adjacent to an activating group) is 1. The molecule has 7 rings (SSSR count). The molecule has 1 aliphatic heterocycles. The van der Waals surface area contributed by atoms with Crippen molar-refractivity contribution in [2.45, 2.75) is 22.7 Å². The lowest BCUT2D eigenvalue weighted by molar-refractivity contribution is -0.139. The molecule has 0 radical (unpaired) electrons. The van der Waals surface area contributed by atoms with Gasteiger partial charge in [0.2, 0.25) is 11.8 Å². The molecule has 3 aliphatic rings. The fourth-order valence-electron chi connectivity index (χ4n) is 7.52. The molecule has 1 saturated carbocycles. The number of likely N-dealkylation sites (tertiary alicyclic amines) is 1. The fraction of sp³-hybridized carbons (Fsp3) is 0.161. The average Bonchev–Trinajstić information content (AvgIpc) is 3.03. The molecule has 2 aliphatic carbocycles. The van der Waals surface area contributed by atoms with Gasteiger partial charge in [-0.25, -0.2) is 0 Å². The fourth-order valence-corrected chi connectivity index (χ4v) is 7.52. The minimum absolute atomic E-state index is 0.0954. The van der Waals surface area contributed by atoms with Crippen molar-refractivity contribution in [2.75, 3.05) is 7.05 Å². The third-order valence-electron chi connectivity index (χ3n) is 8.65. The number of hydrogen-bond acceptors (Lipinski definition) is 2. The monoisotopic (exact) mass is 441 g/mol. The zero-order valence-corrected chi connectivity index (χ0v) is 18.9. The summed E-state index contributed by atoms with van der Waals surface area (Å²) in [5.74, 6) is -0.208. The third kappa shape index (κ3) is 1.82. The molecule has 0 aromatic heterocycles. The SMILES string of the molecule is CN1C(=O)[C@@]23c4ccccc4-c4ccccc4[C@@]2(CC3(c2ccccc2)c2ccccc2)C1=O. The maximum absolute atomic E-state index is 14.6. The number of fused-ring (bicyclic) bond motifs is 3. The van der Waals surface area contributed by atoms with E-state index in [0.717, 1.165) is 33.4 Å². The average molecular weight is 442 g/mol. The Hall–Kier alpha value is -3.98. The van der Waals surface area contributed by atoms with Gasteiger partial charge in [0.15, 0.2) is 0 Å². The number of hydrogen-bond donors (Lipinski definition) is 0. The molecular formula is C31H23NO2. The Bertz CT molecular complexity index is 1450. The highest BCUT2D eigenvalue weighted by molar-refractivity contribution is 6.21. The van der Waals surface area contributed by atoms with Crippen LogP contribution in [0.4, 0.5) is 0 Å². The smallest absolute Gasteiger partial charge is 0.242 e. The largest absolute Gasteiger partial charge is 0.284 e. The minimum atomic E-state index is -1.06. The van der Waals surface area contributed by atoms with Crippen molar-refractivity contribution < 1.29 is 9.59 Å². The summed E-state index contributed by atoms with van der Waals surface area (Å²) >= 11 is 0. The second-order valence-electron chi connectivity index (χ2n) is 9.73. The van der Waals surface area contributed by atoms with E-state index in [-0.39, 0.29) is 11.8 Å². The Morgan fingerprint density at radius 1 is 0.559 bits per heavy atom. The minimum Gasteiger partial charge on any atom is -0.284 e. The molecule has 0 bridgehead atoms. The molecule has 3 nitrogen and oxygen atoms in total. The number of carbonyl (C=O) groups is 2. The normalized spacial score (nSPS) is 25.6. The van der Waals surface area contributed by atoms with Crippen LogP contribution in [0.3, 0.4) is 0 Å². The summed E-state index contributed by atoms with van der Waals surface area (Å²) in [6, 6.07) is 37.0. The lowest BCUT2D eigenvalue weighted by atomic mass is 9.29. The van der Waals surface area contributed by atoms with Gasteiger partial charge < -0.3 is 0 Å². The van der Waals surface area contributed by atoms with E-state index in [0.29, 0.717) is 6.42 Å². The molecule has 164 valence electrons. The van der Waals surface area contributed by atoms with Crippen molar-refractivity contribution in [1.82, 2.24) is 4.90 Å². The number of amides is 2. The van der Waals surface area contributed by atoms with Gasteiger partial charge >= 0.3 is 0 Å². The van der Waals surface area contributed by atoms with E-state index in [1.165, 1.54) is 4.90 Å². The lowest BCUT2D eigenvalue weighted by Crippen LogP contribution is -2.76. The summed E-state index contributed by atoms with van der Waals surface area (Å²) in [5.41, 5.74) is 3.51. The highest BCUT2D eigenvalue weighted by atomic mass is 16.2. The molecule has 3 heteroatoms. The van der Waals surface area contributed by atoms with Crippen LogP contribution in [0.5, 0.6) is 0 Å². The third-order valence-corrected chi connectivity index (χ3v) is 8.65. The Morgan fingerprint density at radius 3 is 1.62 bits per heavy atom. The Balaban J connectivity index is 1.70. The molecule has 4 aromatic rings. The van der Waals surface area contributed by atoms with Crippen molar-refractivity contribution in [3.8, 4) is 11.1 Å². The zero-order valence-electron chi connectivity index (χ0n) is 18.9. The number of rotatable bonds is 2. The van der Waals surface area contributed by atoms with Gasteiger partial charge in [0.05, 0.1) is 5.41 Å². The van der Waals surface area contributed by atoms with E-state index < -0.39 is 16.2 Å². The molecule has 0 unspecified atom stereocenters. The molecule has 1 saturated heterocycles. The first-order valence-corrected chi connectivity index (χ1v) is 11.7. The number of nitrogens with zero attached hydrogens (tertiary/aromatic N) is 1. The maximum atomic E-state index is 14.6. The standard InChI is InChI=1S/C31H23NO2/c1-32-27(33)30-20-29(21-12-4-2-5-13-21,22-14-6-3-7-15-22)31(30,28(32)34)26-19-11-9-17-24(26)23-16-8-10-18-25(23)30/h2-19H,20H2,1H3/t30-,31+/m0/s1. The zero-order chi connectivity index (χ0) is 23.1. The second-order valence-corrected chi connectivity index (χ2v) is 9.73. The molecular weight excluding hydrogens is 418 g/mol. The van der Waals surface area contributed by atoms with Crippen molar-refractivity contribution in [2.24, 2.45) is 0 Å². The van der Waals surface area contributed by atoms with Crippen LogP contribution in [0, 0.1) is 0 Å². The molecule has 0 N–H and O–H groups in total. The molecule has 4 aromatic carbocycles. The first-order chi connectivity index (χ1) is 16.6. The Labute approximate surface area is 198 Å². The van der Waals surface area contributed by atoms with E-state index in [2.05, 4.69) is 48.5 Å². The summed E-state index contributed by atoms with van der Waals surface area (Å²) in [4.78, 5) is 30.1. The van der Waals surface area contributed by atoms with Gasteiger partial charge in [-0.2, -0.15) is 0 Å². The van der Waals surface area contributed by atoms with Gasteiger partial charge in [-0.15, -0.1) is 0 Å². The molecule has 34 heavy (non-hydrogen) atoms. The van der Waals surface area contributed by atoms with E-state index in [4.69, 9.17) is 0 Å². The van der Waals surface area contributed by atoms with Crippen LogP contribution >= 0.6 is 0 Å². The predicted octanol–water partition coefficient (Wildman–Crippen LogP) is 5.23. The van der Waals surface area contributed by atoms with Gasteiger partial charge in [-0.05, 0) is 39.8 Å². The van der Waals surface area contributed by atoms with Crippen LogP contribution in [0.25, 0.3) is 11.1 Å². The summed E-state index contributed by atoms with van der Waals surface area (Å²) in [7, 11) is 1.66. The van der Waals surface area contributed by atoms with Crippen molar-refractivity contribution in [1.29, 1.82) is 0 Å². The number of carbonyl (C=O) groups excluding carboxylic acids is 2. The van der Waals surface area contributed by atoms with Crippen molar-refractivity contribution in [3.63, 3.8) is 0 Å². The number of imide groups is 1. The van der Waals surface area contributed by atoms with E-state index in [1.807, 2.05) is 60.7 Å². The predicted molar refractivity (Wildman–Crippen MR) is 131 cm³/mol. The molecule has 0 spiro atoms. The quantitative estimate of drug-likeness (QED) is 0.400. The van der Waals surface area contributed by atoms with Crippen LogP contribution in [0.1, 0.15) is 28.7 Å². The molecule has 1 heterocycles. The molecule has 2 amide bonds. The Kier molecular flexibility index (Phi) is 3.62. The topological polar surface area (TPSA) is 37.4 Å². The van der Waals surface area contributed by atoms with Crippen LogP contribution < -0.4 is 0 Å². The van der Waals surface area contributed by atoms with Gasteiger partial charge in [-0.1, -0.05) is 109 Å². The van der Waals surface area contributed by atoms with Crippen molar-refractivity contribution in [3.05, 3.63) is 131 Å². The summed E-state index contributed by atoms with van der Waals surface area (Å²) in [5, 5.41) is 0. The van der Waals surface area contributed by atoms with Crippen LogP contribution in [0.15, 0.2) is 109 Å². The number of benzene rings is 4. The van der Waals surface area contributed by atoms with E-state index >= 15 is 0 Å². The van der Waals surface area contributed by atoms with Gasteiger partial charge in [0.25, 0.3) is 0 Å². The van der Waals surface area contributed by atoms with E-state index in [9.17, 15) is 9.59 Å². The van der Waals surface area contributed by atoms with Crippen LogP contribution in [-0.4, -0.2) is 23.8 Å². The summed E-state index contributed by atoms with van der Waals surface area (Å²) in [6.45, 7) is 0. The highest BCUT2D eigenvalue weighted by Crippen LogP contribution is 2.78. The second kappa shape index (κ2) is 6.32. The summed E-state index contributed by atoms with van der Waals surface area (Å²) in [6.07, 6.45) is 0.550. The highest BCUT2D eigenvalue weighted by Gasteiger charge is 2.87. The first-order valence-electron chi connectivity index (χ1n) is 11.7. The summed E-state index contributed by atoms with van der Waals surface area (Å²) < 4.78 is 0. The molecule has 2 atom stereocenters. The van der Waals surface area contributed by atoms with E-state index in [1.54, 1.807) is 7.05 Å². The lowest BCUT2D eigenvalue weighted by Gasteiger charge is -2.68. The Morgan fingerprint density at radius 2 is 1.03 bits per heavy atom. The van der Waals surface area contributed by atoms with Gasteiger partial charge in [0, 0.05) is 12.5 Å². The van der Waals surface area contributed by atoms with Gasteiger partial charge in [-0.3, -0.25) is 14.5 Å². The van der Waals surface area contributed by atoms with Crippen LogP contribution in [0.2, 0.25) is 0 Å². The maximum Gasteiger partial charge on any atom is 0.242 e.